The highest BCUT2D eigenvalue weighted by atomic mass is 35.5. The molecule has 3 nitrogen and oxygen atoms in total. The molecule has 2 aliphatic heterocycles. The van der Waals surface area contributed by atoms with Crippen LogP contribution in [-0.2, 0) is 0 Å². The maximum Gasteiger partial charge on any atom is 0.0110 e. The summed E-state index contributed by atoms with van der Waals surface area (Å²) in [6.07, 6.45) is 1.42. The number of rotatable bonds is 3. The topological polar surface area (TPSA) is 18.5 Å². The van der Waals surface area contributed by atoms with Crippen molar-refractivity contribution in [1.82, 2.24) is 15.1 Å². The third-order valence-corrected chi connectivity index (χ3v) is 3.89. The molecule has 18 heavy (non-hydrogen) atoms. The third-order valence-electron chi connectivity index (χ3n) is 3.89. The van der Waals surface area contributed by atoms with Gasteiger partial charge in [0.15, 0.2) is 0 Å². The molecule has 0 amide bonds. The molecular formula is C13H29Cl2N3. The van der Waals surface area contributed by atoms with E-state index < -0.39 is 0 Å². The molecule has 0 spiro atoms. The van der Waals surface area contributed by atoms with E-state index in [0.717, 1.165) is 11.8 Å². The Hall–Kier alpha value is 0.460. The summed E-state index contributed by atoms with van der Waals surface area (Å²) >= 11 is 0. The number of piperidine rings is 1. The van der Waals surface area contributed by atoms with E-state index in [1.165, 1.54) is 58.8 Å². The van der Waals surface area contributed by atoms with Crippen LogP contribution in [0.15, 0.2) is 0 Å². The number of nitrogens with one attached hydrogen (secondary N) is 1. The summed E-state index contributed by atoms with van der Waals surface area (Å²) in [6.45, 7) is 14.8. The van der Waals surface area contributed by atoms with Crippen LogP contribution in [0.3, 0.4) is 0 Å². The van der Waals surface area contributed by atoms with E-state index >= 15 is 0 Å². The molecule has 2 heterocycles. The molecule has 0 bridgehead atoms. The Morgan fingerprint density at radius 1 is 0.889 bits per heavy atom. The van der Waals surface area contributed by atoms with Gasteiger partial charge in [0.05, 0.1) is 0 Å². The minimum Gasteiger partial charge on any atom is -0.314 e. The van der Waals surface area contributed by atoms with Gasteiger partial charge in [0, 0.05) is 52.4 Å². The first-order valence-electron chi connectivity index (χ1n) is 6.89. The first-order chi connectivity index (χ1) is 7.74. The van der Waals surface area contributed by atoms with Gasteiger partial charge in [-0.15, -0.1) is 24.8 Å². The maximum absolute atomic E-state index is 3.41. The molecule has 2 fully saturated rings. The Morgan fingerprint density at radius 3 is 1.94 bits per heavy atom. The van der Waals surface area contributed by atoms with Gasteiger partial charge in [0.1, 0.15) is 0 Å². The lowest BCUT2D eigenvalue weighted by atomic mass is 9.92. The number of piperazine rings is 1. The van der Waals surface area contributed by atoms with Gasteiger partial charge in [-0.2, -0.15) is 0 Å². The van der Waals surface area contributed by atoms with E-state index in [1.54, 1.807) is 0 Å². The summed E-state index contributed by atoms with van der Waals surface area (Å²) in [6, 6.07) is 0. The van der Waals surface area contributed by atoms with Gasteiger partial charge in [-0.25, -0.2) is 0 Å². The van der Waals surface area contributed by atoms with Crippen molar-refractivity contribution in [2.45, 2.75) is 20.3 Å². The Kier molecular flexibility index (Phi) is 9.62. The van der Waals surface area contributed by atoms with Crippen molar-refractivity contribution in [1.29, 1.82) is 0 Å². The molecule has 0 radical (unpaired) electrons. The minimum atomic E-state index is 0. The number of likely N-dealkylation sites (tertiary alicyclic amines) is 1. The molecule has 110 valence electrons. The van der Waals surface area contributed by atoms with Crippen LogP contribution in [0.25, 0.3) is 0 Å². The zero-order valence-corrected chi connectivity index (χ0v) is 13.4. The molecule has 0 aromatic rings. The lowest BCUT2D eigenvalue weighted by Gasteiger charge is -2.37. The van der Waals surface area contributed by atoms with Gasteiger partial charge in [-0.05, 0) is 18.3 Å². The fourth-order valence-corrected chi connectivity index (χ4v) is 3.19. The van der Waals surface area contributed by atoms with E-state index in [0.29, 0.717) is 0 Å². The van der Waals surface area contributed by atoms with Crippen LogP contribution < -0.4 is 5.32 Å². The second-order valence-electron chi connectivity index (χ2n) is 5.80. The van der Waals surface area contributed by atoms with Crippen molar-refractivity contribution >= 4 is 24.8 Å². The molecule has 2 saturated heterocycles. The first-order valence-corrected chi connectivity index (χ1v) is 6.89. The van der Waals surface area contributed by atoms with Crippen molar-refractivity contribution in [3.63, 3.8) is 0 Å². The van der Waals surface area contributed by atoms with E-state index in [-0.39, 0.29) is 24.8 Å². The summed E-state index contributed by atoms with van der Waals surface area (Å²) in [5.41, 5.74) is 0. The summed E-state index contributed by atoms with van der Waals surface area (Å²) < 4.78 is 0. The zero-order chi connectivity index (χ0) is 11.4. The van der Waals surface area contributed by atoms with Gasteiger partial charge in [0.25, 0.3) is 0 Å². The Labute approximate surface area is 124 Å². The summed E-state index contributed by atoms with van der Waals surface area (Å²) in [5.74, 6) is 1.79. The van der Waals surface area contributed by atoms with Crippen molar-refractivity contribution in [2.75, 3.05) is 52.4 Å². The van der Waals surface area contributed by atoms with Crippen molar-refractivity contribution in [2.24, 2.45) is 11.8 Å². The summed E-state index contributed by atoms with van der Waals surface area (Å²) in [5, 5.41) is 3.41. The molecule has 0 saturated carbocycles. The Balaban J connectivity index is 0.00000144. The predicted molar refractivity (Wildman–Crippen MR) is 83.2 cm³/mol. The molecule has 2 unspecified atom stereocenters. The SMILES string of the molecule is CC1CC(C)CN(CCN2CCNCC2)C1.Cl.Cl. The highest BCUT2D eigenvalue weighted by Gasteiger charge is 2.22. The largest absolute Gasteiger partial charge is 0.314 e. The van der Waals surface area contributed by atoms with Crippen LogP contribution in [0.1, 0.15) is 20.3 Å². The third kappa shape index (κ3) is 6.07. The normalized spacial score (nSPS) is 30.3. The van der Waals surface area contributed by atoms with Gasteiger partial charge in [0.2, 0.25) is 0 Å². The highest BCUT2D eigenvalue weighted by molar-refractivity contribution is 5.85. The predicted octanol–water partition coefficient (Wildman–Crippen LogP) is 1.71. The average molecular weight is 298 g/mol. The van der Waals surface area contributed by atoms with E-state index in [2.05, 4.69) is 29.0 Å². The van der Waals surface area contributed by atoms with Gasteiger partial charge in [-0.1, -0.05) is 13.8 Å². The number of halogens is 2. The average Bonchev–Trinajstić information content (AvgIpc) is 2.27. The van der Waals surface area contributed by atoms with Crippen molar-refractivity contribution < 1.29 is 0 Å². The van der Waals surface area contributed by atoms with Gasteiger partial charge >= 0.3 is 0 Å². The van der Waals surface area contributed by atoms with E-state index in [9.17, 15) is 0 Å². The second kappa shape index (κ2) is 9.38. The highest BCUT2D eigenvalue weighted by Crippen LogP contribution is 2.20. The van der Waals surface area contributed by atoms with Gasteiger partial charge < -0.3 is 10.2 Å². The molecule has 0 aromatic heterocycles. The van der Waals surface area contributed by atoms with Crippen LogP contribution in [0.2, 0.25) is 0 Å². The van der Waals surface area contributed by atoms with Crippen LogP contribution in [0.5, 0.6) is 0 Å². The van der Waals surface area contributed by atoms with Crippen LogP contribution >= 0.6 is 24.8 Å². The van der Waals surface area contributed by atoms with Gasteiger partial charge in [-0.3, -0.25) is 4.90 Å². The molecule has 2 atom stereocenters. The van der Waals surface area contributed by atoms with Crippen LogP contribution in [0.4, 0.5) is 0 Å². The van der Waals surface area contributed by atoms with Crippen molar-refractivity contribution in [3.8, 4) is 0 Å². The quantitative estimate of drug-likeness (QED) is 0.856. The smallest absolute Gasteiger partial charge is 0.0110 e. The Bertz CT molecular complexity index is 200. The molecule has 0 aliphatic carbocycles. The lowest BCUT2D eigenvalue weighted by Crippen LogP contribution is -2.48. The zero-order valence-electron chi connectivity index (χ0n) is 11.7. The molecule has 5 heteroatoms. The molecule has 0 aromatic carbocycles. The summed E-state index contributed by atoms with van der Waals surface area (Å²) in [4.78, 5) is 5.27. The van der Waals surface area contributed by atoms with Crippen LogP contribution in [0, 0.1) is 11.8 Å². The second-order valence-corrected chi connectivity index (χ2v) is 5.80. The van der Waals surface area contributed by atoms with E-state index in [4.69, 9.17) is 0 Å². The number of nitrogens with zero attached hydrogens (tertiary/aromatic N) is 2. The molecule has 2 rings (SSSR count). The fraction of sp³-hybridized carbons (Fsp3) is 1.00. The molecule has 2 aliphatic rings. The minimum absolute atomic E-state index is 0. The number of hydrogen-bond donors (Lipinski definition) is 1. The molecular weight excluding hydrogens is 269 g/mol. The van der Waals surface area contributed by atoms with E-state index in [1.807, 2.05) is 0 Å². The maximum atomic E-state index is 3.41. The standard InChI is InChI=1S/C13H27N3.2ClH/c1-12-9-13(2)11-16(10-12)8-7-15-5-3-14-4-6-15;;/h12-14H,3-11H2,1-2H3;2*1H. The Morgan fingerprint density at radius 2 is 1.39 bits per heavy atom. The first kappa shape index (κ1) is 18.5. The van der Waals surface area contributed by atoms with Crippen LogP contribution in [-0.4, -0.2) is 62.2 Å². The summed E-state index contributed by atoms with van der Waals surface area (Å²) in [7, 11) is 0. The molecule has 1 N–H and O–H groups in total. The monoisotopic (exact) mass is 297 g/mol. The lowest BCUT2D eigenvalue weighted by molar-refractivity contribution is 0.119. The number of hydrogen-bond acceptors (Lipinski definition) is 3. The van der Waals surface area contributed by atoms with Crippen molar-refractivity contribution in [3.05, 3.63) is 0 Å². The fourth-order valence-electron chi connectivity index (χ4n) is 3.19.